The molecule has 1 saturated heterocycles. The predicted molar refractivity (Wildman–Crippen MR) is 197 cm³/mol. The molecule has 60 heavy (non-hydrogen) atoms. The average molecular weight is 856 g/mol. The van der Waals surface area contributed by atoms with Crippen LogP contribution in [-0.4, -0.2) is 95.6 Å². The second kappa shape index (κ2) is 21.5. The van der Waals surface area contributed by atoms with Gasteiger partial charge in [-0.1, -0.05) is 44.0 Å². The molecular formula is C39H46F5N5O11. The molecule has 7 unspecified atom stereocenters. The maximum atomic E-state index is 14.0. The number of carbonyl (C=O) groups is 5. The summed E-state index contributed by atoms with van der Waals surface area (Å²) < 4.78 is 103. The Labute approximate surface area is 341 Å². The average Bonchev–Trinajstić information content (AvgIpc) is 3.68. The second-order valence-electron chi connectivity index (χ2n) is 13.9. The first kappa shape index (κ1) is 47.0. The van der Waals surface area contributed by atoms with Gasteiger partial charge in [0.15, 0.2) is 18.5 Å². The molecule has 0 radical (unpaired) electrons. The van der Waals surface area contributed by atoms with E-state index in [2.05, 4.69) is 25.7 Å². The molecule has 1 fully saturated rings. The van der Waals surface area contributed by atoms with E-state index in [9.17, 15) is 45.9 Å². The summed E-state index contributed by atoms with van der Waals surface area (Å²) in [7, 11) is 1.53. The summed E-state index contributed by atoms with van der Waals surface area (Å²) >= 11 is 0. The van der Waals surface area contributed by atoms with Crippen molar-refractivity contribution in [3.8, 4) is 22.8 Å². The summed E-state index contributed by atoms with van der Waals surface area (Å²) in [5.41, 5.74) is 1.23. The lowest BCUT2D eigenvalue weighted by Gasteiger charge is -2.45. The molecule has 7 atom stereocenters. The van der Waals surface area contributed by atoms with Gasteiger partial charge in [0.2, 0.25) is 46.6 Å². The van der Waals surface area contributed by atoms with Gasteiger partial charge in [-0.15, -0.1) is 5.10 Å². The van der Waals surface area contributed by atoms with Gasteiger partial charge in [-0.05, 0) is 25.0 Å². The third-order valence-corrected chi connectivity index (χ3v) is 9.45. The first-order chi connectivity index (χ1) is 28.4. The normalized spacial score (nSPS) is 19.8. The van der Waals surface area contributed by atoms with Crippen molar-refractivity contribution in [2.75, 3.05) is 20.3 Å². The lowest BCUT2D eigenvalue weighted by Crippen LogP contribution is -2.66. The molecule has 2 heterocycles. The highest BCUT2D eigenvalue weighted by Crippen LogP contribution is 2.31. The van der Waals surface area contributed by atoms with Crippen LogP contribution >= 0.6 is 0 Å². The van der Waals surface area contributed by atoms with Gasteiger partial charge in [-0.25, -0.2) is 17.9 Å². The zero-order valence-corrected chi connectivity index (χ0v) is 33.6. The molecule has 0 spiro atoms. The van der Waals surface area contributed by atoms with E-state index in [4.69, 9.17) is 23.7 Å². The first-order valence-electron chi connectivity index (χ1n) is 18.9. The maximum absolute atomic E-state index is 14.0. The van der Waals surface area contributed by atoms with Gasteiger partial charge in [0.25, 0.3) is 0 Å². The number of nitrogens with zero attached hydrogens (tertiary/aromatic N) is 3. The third-order valence-electron chi connectivity index (χ3n) is 9.45. The van der Waals surface area contributed by atoms with Crippen molar-refractivity contribution < 1.29 is 74.3 Å². The van der Waals surface area contributed by atoms with Gasteiger partial charge in [-0.2, -0.15) is 8.78 Å². The van der Waals surface area contributed by atoms with Crippen molar-refractivity contribution in [3.63, 3.8) is 0 Å². The highest BCUT2D eigenvalue weighted by molar-refractivity contribution is 5.85. The van der Waals surface area contributed by atoms with E-state index in [1.807, 2.05) is 6.07 Å². The van der Waals surface area contributed by atoms with Crippen molar-refractivity contribution in [3.05, 3.63) is 59.5 Å². The smallest absolute Gasteiger partial charge is 0.315 e. The number of halogens is 5. The number of hydrogen-bond acceptors (Lipinski definition) is 13. The lowest BCUT2D eigenvalue weighted by atomic mass is 9.95. The monoisotopic (exact) mass is 855 g/mol. The van der Waals surface area contributed by atoms with Crippen molar-refractivity contribution in [1.82, 2.24) is 25.6 Å². The van der Waals surface area contributed by atoms with Crippen LogP contribution in [0.15, 0.2) is 30.5 Å². The Morgan fingerprint density at radius 2 is 1.48 bits per heavy atom. The number of amides is 2. The third kappa shape index (κ3) is 12.2. The van der Waals surface area contributed by atoms with Crippen LogP contribution in [0.1, 0.15) is 60.3 Å². The van der Waals surface area contributed by atoms with Crippen LogP contribution in [0.3, 0.4) is 0 Å². The topological polar surface area (TPSA) is 196 Å². The van der Waals surface area contributed by atoms with Crippen LogP contribution in [0.25, 0.3) is 11.3 Å². The molecule has 4 rings (SSSR count). The number of methoxy groups -OCH3 is 1. The van der Waals surface area contributed by atoms with Crippen LogP contribution in [0.4, 0.5) is 22.0 Å². The number of unbranched alkanes of at least 4 members (excludes halogenated alkanes) is 3. The van der Waals surface area contributed by atoms with Crippen molar-refractivity contribution in [2.24, 2.45) is 11.8 Å². The standard InChI is InChI=1S/C39H46F5N5O11/c1-19(20(2)38(54)60-35-31(43)29(41)28(40)30(42)32(35)44)37(53)45-14-9-7-8-10-15-56-39-33(46-21(3)50)36(58-23(5)52)34(57-22(4)51)27(59-39)18-49-17-26(47-48-49)24-12-11-13-25(16-24)55-6/h11-13,16-17,19-20,27,33-34,36,39H,7-10,14-15,18H2,1-6H3,(H,45,53)(H,46,50). The van der Waals surface area contributed by atoms with E-state index in [0.717, 1.165) is 5.56 Å². The predicted octanol–water partition coefficient (Wildman–Crippen LogP) is 4.31. The van der Waals surface area contributed by atoms with E-state index in [-0.39, 0.29) is 19.7 Å². The van der Waals surface area contributed by atoms with Crippen LogP contribution in [0, 0.1) is 40.9 Å². The molecule has 2 amide bonds. The summed E-state index contributed by atoms with van der Waals surface area (Å²) in [6.07, 6.45) is -0.836. The molecule has 328 valence electrons. The van der Waals surface area contributed by atoms with Gasteiger partial charge >= 0.3 is 17.9 Å². The Morgan fingerprint density at radius 3 is 2.12 bits per heavy atom. The zero-order chi connectivity index (χ0) is 44.3. The number of hydrogen-bond donors (Lipinski definition) is 2. The minimum absolute atomic E-state index is 0.0328. The van der Waals surface area contributed by atoms with Crippen LogP contribution in [0.5, 0.6) is 11.5 Å². The van der Waals surface area contributed by atoms with Gasteiger partial charge in [-0.3, -0.25) is 24.0 Å². The summed E-state index contributed by atoms with van der Waals surface area (Å²) in [5, 5.41) is 13.7. The summed E-state index contributed by atoms with van der Waals surface area (Å²) in [6, 6.07) is 6.06. The number of ether oxygens (including phenoxy) is 6. The second-order valence-corrected chi connectivity index (χ2v) is 13.9. The first-order valence-corrected chi connectivity index (χ1v) is 18.9. The Balaban J connectivity index is 1.32. The summed E-state index contributed by atoms with van der Waals surface area (Å²) in [5.74, 6) is -19.1. The quantitative estimate of drug-likeness (QED) is 0.0433. The van der Waals surface area contributed by atoms with Gasteiger partial charge in [0.1, 0.15) is 23.6 Å². The highest BCUT2D eigenvalue weighted by atomic mass is 19.2. The minimum Gasteiger partial charge on any atom is -0.497 e. The molecule has 0 aliphatic carbocycles. The molecule has 1 aliphatic rings. The summed E-state index contributed by atoms with van der Waals surface area (Å²) in [6.45, 7) is 6.36. The van der Waals surface area contributed by atoms with E-state index < -0.39 is 107 Å². The van der Waals surface area contributed by atoms with Gasteiger partial charge in [0, 0.05) is 45.4 Å². The number of nitrogens with one attached hydrogen (secondary N) is 2. The van der Waals surface area contributed by atoms with Crippen molar-refractivity contribution in [2.45, 2.75) is 97.5 Å². The minimum atomic E-state index is -2.41. The molecular weight excluding hydrogens is 809 g/mol. The molecule has 3 aromatic rings. The molecule has 2 N–H and O–H groups in total. The molecule has 0 bridgehead atoms. The molecule has 2 aromatic carbocycles. The van der Waals surface area contributed by atoms with E-state index in [1.165, 1.54) is 46.4 Å². The maximum Gasteiger partial charge on any atom is 0.315 e. The van der Waals surface area contributed by atoms with Crippen LogP contribution in [-0.2, 0) is 49.5 Å². The van der Waals surface area contributed by atoms with E-state index in [1.54, 1.807) is 24.4 Å². The molecule has 1 aliphatic heterocycles. The largest absolute Gasteiger partial charge is 0.497 e. The fourth-order valence-corrected chi connectivity index (χ4v) is 6.18. The highest BCUT2D eigenvalue weighted by Gasteiger charge is 2.51. The number of rotatable bonds is 19. The van der Waals surface area contributed by atoms with E-state index >= 15 is 0 Å². The van der Waals surface area contributed by atoms with Gasteiger partial charge < -0.3 is 39.1 Å². The Kier molecular flexibility index (Phi) is 16.9. The van der Waals surface area contributed by atoms with Crippen molar-refractivity contribution in [1.29, 1.82) is 0 Å². The fraction of sp³-hybridized carbons (Fsp3) is 0.513. The zero-order valence-electron chi connectivity index (χ0n) is 33.6. The molecule has 0 saturated carbocycles. The lowest BCUT2D eigenvalue weighted by molar-refractivity contribution is -0.274. The fourth-order valence-electron chi connectivity index (χ4n) is 6.18. The SMILES string of the molecule is COc1cccc(-c2cn(CC3OC(OCCCCCCNC(=O)C(C)C(C)C(=O)Oc4c(F)c(F)c(F)c(F)c4F)C(NC(C)=O)C(OC(C)=O)C3OC(C)=O)nn2)c1. The number of aromatic nitrogens is 3. The van der Waals surface area contributed by atoms with Crippen molar-refractivity contribution >= 4 is 29.7 Å². The molecule has 16 nitrogen and oxygen atoms in total. The Bertz CT molecular complexity index is 1990. The number of esters is 3. The molecule has 21 heteroatoms. The Morgan fingerprint density at radius 1 is 0.850 bits per heavy atom. The summed E-state index contributed by atoms with van der Waals surface area (Å²) in [4.78, 5) is 62.0. The number of carbonyl (C=O) groups excluding carboxylic acids is 5. The van der Waals surface area contributed by atoms with E-state index in [0.29, 0.717) is 37.1 Å². The van der Waals surface area contributed by atoms with Gasteiger partial charge in [0.05, 0.1) is 25.8 Å². The number of benzene rings is 2. The molecule has 1 aromatic heterocycles. The van der Waals surface area contributed by atoms with Crippen LogP contribution in [0.2, 0.25) is 0 Å². The Hall–Kier alpha value is -5.70. The van der Waals surface area contributed by atoms with Crippen LogP contribution < -0.4 is 20.1 Å².